The van der Waals surface area contributed by atoms with Gasteiger partial charge >= 0.3 is 6.09 Å². The number of hydrogen-bond acceptors (Lipinski definition) is 7. The van der Waals surface area contributed by atoms with Crippen LogP contribution in [0.1, 0.15) is 49.2 Å². The maximum Gasteiger partial charge on any atom is 0.414 e. The van der Waals surface area contributed by atoms with Crippen LogP contribution in [0.5, 0.6) is 0 Å². The number of nitrogens with one attached hydrogen (secondary N) is 2. The van der Waals surface area contributed by atoms with Gasteiger partial charge in [0.25, 0.3) is 5.91 Å². The van der Waals surface area contributed by atoms with Gasteiger partial charge in [0.05, 0.1) is 33.7 Å². The van der Waals surface area contributed by atoms with Gasteiger partial charge < -0.3 is 25.4 Å². The molecule has 2 unspecified atom stereocenters. The summed E-state index contributed by atoms with van der Waals surface area (Å²) >= 11 is 7.11. The molecule has 8 nitrogen and oxygen atoms in total. The van der Waals surface area contributed by atoms with E-state index < -0.39 is 18.4 Å². The van der Waals surface area contributed by atoms with Crippen molar-refractivity contribution in [2.45, 2.75) is 51.9 Å². The fraction of sp³-hybridized carbons (Fsp3) is 0.520. The van der Waals surface area contributed by atoms with Crippen LogP contribution in [0.25, 0.3) is 0 Å². The number of thiophene rings is 1. The minimum atomic E-state index is -0.687. The van der Waals surface area contributed by atoms with Crippen molar-refractivity contribution >= 4 is 52.0 Å². The van der Waals surface area contributed by atoms with E-state index in [0.717, 1.165) is 37.3 Å². The maximum absolute atomic E-state index is 12.7. The van der Waals surface area contributed by atoms with E-state index >= 15 is 0 Å². The molecule has 2 amide bonds. The number of aliphatic hydroxyl groups excluding tert-OH is 1. The fourth-order valence-electron chi connectivity index (χ4n) is 4.47. The highest BCUT2D eigenvalue weighted by atomic mass is 35.5. The number of halogens is 1. The first-order valence-electron chi connectivity index (χ1n) is 12.2. The molecule has 2 atom stereocenters. The van der Waals surface area contributed by atoms with Crippen molar-refractivity contribution in [2.24, 2.45) is 5.92 Å². The average Bonchev–Trinajstić information content (AvgIpc) is 3.43. The molecule has 2 aromatic rings. The number of benzene rings is 1. The van der Waals surface area contributed by atoms with Crippen molar-refractivity contribution in [3.8, 4) is 0 Å². The van der Waals surface area contributed by atoms with Gasteiger partial charge in [-0.05, 0) is 61.9 Å². The predicted molar refractivity (Wildman–Crippen MR) is 141 cm³/mol. The van der Waals surface area contributed by atoms with Crippen LogP contribution in [0, 0.1) is 5.92 Å². The maximum atomic E-state index is 12.7. The highest BCUT2D eigenvalue weighted by molar-refractivity contribution is 7.18. The fourth-order valence-corrected chi connectivity index (χ4v) is 5.43. The second-order valence-corrected chi connectivity index (χ2v) is 11.2. The van der Waals surface area contributed by atoms with Crippen LogP contribution in [-0.4, -0.2) is 55.6 Å². The van der Waals surface area contributed by atoms with Crippen molar-refractivity contribution in [1.29, 1.82) is 0 Å². The van der Waals surface area contributed by atoms with Gasteiger partial charge in [-0.15, -0.1) is 11.3 Å². The SMILES string of the molecule is CC(C)CC(O)Nc1cc(N2CC(CNC(=O)c3ccc(Cl)s3)OC2=O)ccc1N1CCCCC1. The molecule has 1 aromatic heterocycles. The van der Waals surface area contributed by atoms with Gasteiger partial charge in [-0.3, -0.25) is 9.69 Å². The molecule has 190 valence electrons. The Morgan fingerprint density at radius 1 is 1.23 bits per heavy atom. The highest BCUT2D eigenvalue weighted by Gasteiger charge is 2.33. The summed E-state index contributed by atoms with van der Waals surface area (Å²) in [6.45, 7) is 6.61. The van der Waals surface area contributed by atoms with Crippen LogP contribution in [0.15, 0.2) is 30.3 Å². The van der Waals surface area contributed by atoms with Crippen molar-refractivity contribution in [1.82, 2.24) is 5.32 Å². The van der Waals surface area contributed by atoms with Gasteiger partial charge in [-0.1, -0.05) is 25.4 Å². The van der Waals surface area contributed by atoms with Crippen LogP contribution in [-0.2, 0) is 4.74 Å². The quantitative estimate of drug-likeness (QED) is 0.406. The van der Waals surface area contributed by atoms with Gasteiger partial charge in [0.15, 0.2) is 0 Å². The van der Waals surface area contributed by atoms with Crippen LogP contribution in [0.4, 0.5) is 21.9 Å². The van der Waals surface area contributed by atoms with E-state index in [4.69, 9.17) is 16.3 Å². The largest absolute Gasteiger partial charge is 0.442 e. The van der Waals surface area contributed by atoms with Crippen LogP contribution < -0.4 is 20.4 Å². The normalized spacial score (nSPS) is 19.1. The Hall–Kier alpha value is -2.49. The first-order chi connectivity index (χ1) is 16.8. The van der Waals surface area contributed by atoms with E-state index in [2.05, 4.69) is 29.4 Å². The van der Waals surface area contributed by atoms with Crippen molar-refractivity contribution < 1.29 is 19.4 Å². The first kappa shape index (κ1) is 25.6. The minimum Gasteiger partial charge on any atom is -0.442 e. The number of hydrogen-bond donors (Lipinski definition) is 3. The van der Waals surface area contributed by atoms with Crippen LogP contribution >= 0.6 is 22.9 Å². The van der Waals surface area contributed by atoms with Crippen LogP contribution in [0.3, 0.4) is 0 Å². The molecule has 10 heteroatoms. The number of cyclic esters (lactones) is 1. The van der Waals surface area contributed by atoms with Gasteiger partial charge in [0.1, 0.15) is 12.3 Å². The molecule has 2 aliphatic rings. The molecule has 0 saturated carbocycles. The van der Waals surface area contributed by atoms with Crippen molar-refractivity contribution in [2.75, 3.05) is 41.3 Å². The summed E-state index contributed by atoms with van der Waals surface area (Å²) in [5, 5.41) is 16.7. The number of rotatable bonds is 9. The molecule has 1 aromatic carbocycles. The van der Waals surface area contributed by atoms with E-state index in [0.29, 0.717) is 33.8 Å². The molecule has 4 rings (SSSR count). The molecule has 2 fully saturated rings. The predicted octanol–water partition coefficient (Wildman–Crippen LogP) is 4.92. The summed E-state index contributed by atoms with van der Waals surface area (Å²) in [5.74, 6) is 0.0989. The van der Waals surface area contributed by atoms with Gasteiger partial charge in [0, 0.05) is 18.8 Å². The Bertz CT molecular complexity index is 1040. The van der Waals surface area contributed by atoms with Gasteiger partial charge in [0.2, 0.25) is 0 Å². The number of aliphatic hydroxyl groups is 1. The molecule has 2 aliphatic heterocycles. The molecule has 35 heavy (non-hydrogen) atoms. The molecule has 3 heterocycles. The van der Waals surface area contributed by atoms with E-state index in [-0.39, 0.29) is 12.5 Å². The summed E-state index contributed by atoms with van der Waals surface area (Å²) in [5.41, 5.74) is 2.52. The Morgan fingerprint density at radius 3 is 2.69 bits per heavy atom. The monoisotopic (exact) mass is 520 g/mol. The van der Waals surface area contributed by atoms with Crippen molar-refractivity contribution in [3.63, 3.8) is 0 Å². The third-order valence-corrected chi connectivity index (χ3v) is 7.40. The number of amides is 2. The lowest BCUT2D eigenvalue weighted by Crippen LogP contribution is -2.34. The van der Waals surface area contributed by atoms with E-state index in [1.54, 1.807) is 17.0 Å². The smallest absolute Gasteiger partial charge is 0.414 e. The molecular formula is C25H33ClN4O4S. The van der Waals surface area contributed by atoms with E-state index in [9.17, 15) is 14.7 Å². The summed E-state index contributed by atoms with van der Waals surface area (Å²) in [4.78, 5) is 29.4. The molecular weight excluding hydrogens is 488 g/mol. The second-order valence-electron chi connectivity index (χ2n) is 9.47. The highest BCUT2D eigenvalue weighted by Crippen LogP contribution is 2.34. The lowest BCUT2D eigenvalue weighted by atomic mass is 10.1. The topological polar surface area (TPSA) is 94.1 Å². The minimum absolute atomic E-state index is 0.209. The number of carbonyl (C=O) groups is 2. The zero-order valence-corrected chi connectivity index (χ0v) is 21.7. The number of carbonyl (C=O) groups excluding carboxylic acids is 2. The number of piperidine rings is 1. The Balaban J connectivity index is 1.46. The third-order valence-electron chi connectivity index (χ3n) is 6.17. The molecule has 3 N–H and O–H groups in total. The summed E-state index contributed by atoms with van der Waals surface area (Å²) in [6, 6.07) is 9.17. The van der Waals surface area contributed by atoms with Crippen molar-refractivity contribution in [3.05, 3.63) is 39.5 Å². The van der Waals surface area contributed by atoms with Gasteiger partial charge in [-0.25, -0.2) is 4.79 Å². The van der Waals surface area contributed by atoms with E-state index in [1.165, 1.54) is 17.8 Å². The lowest BCUT2D eigenvalue weighted by Gasteiger charge is -2.32. The number of ether oxygens (including phenoxy) is 1. The van der Waals surface area contributed by atoms with Crippen LogP contribution in [0.2, 0.25) is 4.34 Å². The molecule has 2 saturated heterocycles. The standard InChI is InChI=1S/C25H33ClN4O4S/c1-16(2)12-23(31)28-19-13-17(6-7-20(19)29-10-4-3-5-11-29)30-15-18(34-25(30)33)14-27-24(32)21-8-9-22(26)35-21/h6-9,13,16,18,23,28,31H,3-5,10-12,14-15H2,1-2H3,(H,27,32). The molecule has 0 spiro atoms. The Labute approximate surface area is 215 Å². The summed E-state index contributed by atoms with van der Waals surface area (Å²) < 4.78 is 6.06. The summed E-state index contributed by atoms with van der Waals surface area (Å²) in [7, 11) is 0. The molecule has 0 aliphatic carbocycles. The zero-order valence-electron chi connectivity index (χ0n) is 20.1. The van der Waals surface area contributed by atoms with E-state index in [1.807, 2.05) is 18.2 Å². The second kappa shape index (κ2) is 11.5. The van der Waals surface area contributed by atoms with Gasteiger partial charge in [-0.2, -0.15) is 0 Å². The first-order valence-corrected chi connectivity index (χ1v) is 13.3. The average molecular weight is 521 g/mol. The number of anilines is 3. The Morgan fingerprint density at radius 2 is 2.00 bits per heavy atom. The zero-order chi connectivity index (χ0) is 24.9. The molecule has 0 bridgehead atoms. The third kappa shape index (κ3) is 6.59. The number of nitrogens with zero attached hydrogens (tertiary/aromatic N) is 2. The molecule has 0 radical (unpaired) electrons. The lowest BCUT2D eigenvalue weighted by molar-refractivity contribution is 0.0920. The Kier molecular flexibility index (Phi) is 8.41. The summed E-state index contributed by atoms with van der Waals surface area (Å²) in [6.07, 6.45) is 2.51.